The van der Waals surface area contributed by atoms with Crippen molar-refractivity contribution in [2.75, 3.05) is 12.4 Å². The zero-order valence-corrected chi connectivity index (χ0v) is 20.5. The minimum absolute atomic E-state index is 0.157. The van der Waals surface area contributed by atoms with Gasteiger partial charge < -0.3 is 15.0 Å². The molecule has 0 aliphatic heterocycles. The van der Waals surface area contributed by atoms with Gasteiger partial charge in [0, 0.05) is 12.2 Å². The fourth-order valence-electron chi connectivity index (χ4n) is 4.18. The molecule has 0 radical (unpaired) electrons. The zero-order valence-electron chi connectivity index (χ0n) is 20.5. The van der Waals surface area contributed by atoms with Gasteiger partial charge in [0.15, 0.2) is 0 Å². The molecule has 0 saturated carbocycles. The lowest BCUT2D eigenvalue weighted by Crippen LogP contribution is -2.38. The molecule has 0 aliphatic carbocycles. The van der Waals surface area contributed by atoms with E-state index < -0.39 is 0 Å². The lowest BCUT2D eigenvalue weighted by atomic mass is 9.96. The monoisotopic (exact) mass is 464 g/mol. The summed E-state index contributed by atoms with van der Waals surface area (Å²) < 4.78 is 5.32. The second-order valence-corrected chi connectivity index (χ2v) is 8.91. The molecule has 0 aromatic heterocycles. The van der Waals surface area contributed by atoms with Gasteiger partial charge in [-0.25, -0.2) is 4.79 Å². The van der Waals surface area contributed by atoms with Gasteiger partial charge >= 0.3 is 6.03 Å². The molecule has 0 aliphatic rings. The summed E-state index contributed by atoms with van der Waals surface area (Å²) in [5.41, 5.74) is 5.14. The first-order chi connectivity index (χ1) is 17.0. The van der Waals surface area contributed by atoms with Crippen molar-refractivity contribution >= 4 is 11.7 Å². The zero-order chi connectivity index (χ0) is 24.6. The Balaban J connectivity index is 1.71. The van der Waals surface area contributed by atoms with Crippen molar-refractivity contribution in [2.45, 2.75) is 32.4 Å². The number of benzene rings is 4. The summed E-state index contributed by atoms with van der Waals surface area (Å²) in [4.78, 5) is 15.7. The molecule has 4 nitrogen and oxygen atoms in total. The Morgan fingerprint density at radius 3 is 1.77 bits per heavy atom. The first kappa shape index (κ1) is 24.1. The highest BCUT2D eigenvalue weighted by atomic mass is 16.5. The Morgan fingerprint density at radius 1 is 0.743 bits per heavy atom. The van der Waals surface area contributed by atoms with Crippen LogP contribution in [0.2, 0.25) is 0 Å². The van der Waals surface area contributed by atoms with Gasteiger partial charge in [0.2, 0.25) is 0 Å². The number of ether oxygens (including phenoxy) is 1. The number of carbonyl (C=O) groups is 1. The molecule has 4 heteroatoms. The summed E-state index contributed by atoms with van der Waals surface area (Å²) in [7, 11) is 1.65. The van der Waals surface area contributed by atoms with Gasteiger partial charge in [0.25, 0.3) is 0 Å². The van der Waals surface area contributed by atoms with E-state index in [0.717, 1.165) is 28.1 Å². The maximum atomic E-state index is 13.8. The van der Waals surface area contributed by atoms with Crippen LogP contribution in [-0.2, 0) is 6.54 Å². The van der Waals surface area contributed by atoms with Crippen LogP contribution < -0.4 is 10.1 Å². The smallest absolute Gasteiger partial charge is 0.322 e. The van der Waals surface area contributed by atoms with Crippen LogP contribution >= 0.6 is 0 Å². The van der Waals surface area contributed by atoms with Crippen LogP contribution in [0.1, 0.15) is 48.1 Å². The van der Waals surface area contributed by atoms with E-state index in [0.29, 0.717) is 12.5 Å². The molecular formula is C31H32N2O2. The molecule has 0 atom stereocenters. The molecule has 0 fully saturated rings. The highest BCUT2D eigenvalue weighted by Crippen LogP contribution is 2.31. The largest absolute Gasteiger partial charge is 0.497 e. The number of anilines is 1. The van der Waals surface area contributed by atoms with Crippen LogP contribution in [0.25, 0.3) is 0 Å². The number of nitrogens with one attached hydrogen (secondary N) is 1. The lowest BCUT2D eigenvalue weighted by Gasteiger charge is -2.33. The molecule has 4 rings (SSSR count). The number of carbonyl (C=O) groups excluding carboxylic acids is 1. The molecule has 2 amide bonds. The number of hydrogen-bond donors (Lipinski definition) is 1. The van der Waals surface area contributed by atoms with Crippen LogP contribution in [0, 0.1) is 0 Å². The Labute approximate surface area is 208 Å². The standard InChI is InChI=1S/C31H32N2O2/c1-23(2)25-16-18-28(19-17-25)32-31(34)33(22-24-14-20-29(35-3)21-15-24)30(26-10-6-4-7-11-26)27-12-8-5-9-13-27/h4-21,23,30H,22H2,1-3H3,(H,32,34). The second-order valence-electron chi connectivity index (χ2n) is 8.91. The first-order valence-electron chi connectivity index (χ1n) is 12.0. The fourth-order valence-corrected chi connectivity index (χ4v) is 4.18. The van der Waals surface area contributed by atoms with Gasteiger partial charge in [-0.15, -0.1) is 0 Å². The van der Waals surface area contributed by atoms with Gasteiger partial charge in [-0.05, 0) is 52.4 Å². The molecule has 178 valence electrons. The second kappa shape index (κ2) is 11.4. The van der Waals surface area contributed by atoms with E-state index in [1.807, 2.05) is 77.7 Å². The molecule has 0 spiro atoms. The van der Waals surface area contributed by atoms with Gasteiger partial charge in [0.1, 0.15) is 5.75 Å². The summed E-state index contributed by atoms with van der Waals surface area (Å²) in [6, 6.07) is 35.9. The van der Waals surface area contributed by atoms with E-state index in [-0.39, 0.29) is 12.1 Å². The number of urea groups is 1. The topological polar surface area (TPSA) is 41.6 Å². The van der Waals surface area contributed by atoms with Crippen molar-refractivity contribution in [1.29, 1.82) is 0 Å². The lowest BCUT2D eigenvalue weighted by molar-refractivity contribution is 0.194. The van der Waals surface area contributed by atoms with Crippen LogP contribution in [0.3, 0.4) is 0 Å². The molecule has 0 saturated heterocycles. The van der Waals surface area contributed by atoms with Crippen LogP contribution in [0.15, 0.2) is 109 Å². The third-order valence-corrected chi connectivity index (χ3v) is 6.14. The maximum absolute atomic E-state index is 13.8. The minimum atomic E-state index is -0.255. The quantitative estimate of drug-likeness (QED) is 0.291. The molecule has 1 N–H and O–H groups in total. The maximum Gasteiger partial charge on any atom is 0.322 e. The Morgan fingerprint density at radius 2 is 1.29 bits per heavy atom. The van der Waals surface area contributed by atoms with Crippen LogP contribution in [-0.4, -0.2) is 18.0 Å². The number of amides is 2. The van der Waals surface area contributed by atoms with Gasteiger partial charge in [-0.3, -0.25) is 0 Å². The summed E-state index contributed by atoms with van der Waals surface area (Å²) in [6.45, 7) is 4.76. The predicted molar refractivity (Wildman–Crippen MR) is 143 cm³/mol. The van der Waals surface area contributed by atoms with Crippen molar-refractivity contribution in [3.63, 3.8) is 0 Å². The van der Waals surface area contributed by atoms with Gasteiger partial charge in [-0.2, -0.15) is 0 Å². The average Bonchev–Trinajstić information content (AvgIpc) is 2.90. The highest BCUT2D eigenvalue weighted by molar-refractivity contribution is 5.90. The van der Waals surface area contributed by atoms with E-state index in [9.17, 15) is 4.79 Å². The Kier molecular flexibility index (Phi) is 7.84. The molecule has 0 bridgehead atoms. The van der Waals surface area contributed by atoms with Crippen LogP contribution in [0.4, 0.5) is 10.5 Å². The fraction of sp³-hybridized carbons (Fsp3) is 0.194. The van der Waals surface area contributed by atoms with E-state index >= 15 is 0 Å². The molecule has 35 heavy (non-hydrogen) atoms. The summed E-state index contributed by atoms with van der Waals surface area (Å²) >= 11 is 0. The number of rotatable bonds is 8. The summed E-state index contributed by atoms with van der Waals surface area (Å²) in [6.07, 6.45) is 0. The summed E-state index contributed by atoms with van der Waals surface area (Å²) in [5, 5.41) is 3.13. The third-order valence-electron chi connectivity index (χ3n) is 6.14. The molecule has 0 heterocycles. The normalized spacial score (nSPS) is 10.9. The van der Waals surface area contributed by atoms with Crippen molar-refractivity contribution in [1.82, 2.24) is 4.90 Å². The average molecular weight is 465 g/mol. The Hall–Kier alpha value is -4.05. The molecule has 0 unspecified atom stereocenters. The van der Waals surface area contributed by atoms with E-state index in [1.165, 1.54) is 5.56 Å². The van der Waals surface area contributed by atoms with Crippen molar-refractivity contribution in [2.24, 2.45) is 0 Å². The number of methoxy groups -OCH3 is 1. The molecule has 4 aromatic rings. The van der Waals surface area contributed by atoms with E-state index in [2.05, 4.69) is 55.6 Å². The van der Waals surface area contributed by atoms with Crippen molar-refractivity contribution < 1.29 is 9.53 Å². The van der Waals surface area contributed by atoms with Gasteiger partial charge in [-0.1, -0.05) is 98.8 Å². The van der Waals surface area contributed by atoms with Crippen LogP contribution in [0.5, 0.6) is 5.75 Å². The van der Waals surface area contributed by atoms with Gasteiger partial charge in [0.05, 0.1) is 13.2 Å². The molecule has 4 aromatic carbocycles. The van der Waals surface area contributed by atoms with E-state index in [4.69, 9.17) is 4.74 Å². The first-order valence-corrected chi connectivity index (χ1v) is 12.0. The van der Waals surface area contributed by atoms with E-state index in [1.54, 1.807) is 7.11 Å². The molecular weight excluding hydrogens is 432 g/mol. The predicted octanol–water partition coefficient (Wildman–Crippen LogP) is 7.64. The highest BCUT2D eigenvalue weighted by Gasteiger charge is 2.27. The number of nitrogens with zero attached hydrogens (tertiary/aromatic N) is 1. The Bertz CT molecular complexity index is 1170. The minimum Gasteiger partial charge on any atom is -0.497 e. The SMILES string of the molecule is COc1ccc(CN(C(=O)Nc2ccc(C(C)C)cc2)C(c2ccccc2)c2ccccc2)cc1. The van der Waals surface area contributed by atoms with Crippen molar-refractivity contribution in [3.8, 4) is 5.75 Å². The van der Waals surface area contributed by atoms with Crippen molar-refractivity contribution in [3.05, 3.63) is 131 Å². The third kappa shape index (κ3) is 6.10. The summed E-state index contributed by atoms with van der Waals surface area (Å²) in [5.74, 6) is 1.23. The number of hydrogen-bond acceptors (Lipinski definition) is 2.